The molecule has 0 unspecified atom stereocenters. The Morgan fingerprint density at radius 1 is 1.19 bits per heavy atom. The van der Waals surface area contributed by atoms with Crippen molar-refractivity contribution in [3.8, 4) is 5.75 Å². The van der Waals surface area contributed by atoms with Gasteiger partial charge in [-0.15, -0.1) is 0 Å². The second-order valence-electron chi connectivity index (χ2n) is 7.64. The van der Waals surface area contributed by atoms with E-state index in [0.29, 0.717) is 18.4 Å². The van der Waals surface area contributed by atoms with Gasteiger partial charge in [-0.3, -0.25) is 9.88 Å². The summed E-state index contributed by atoms with van der Waals surface area (Å²) in [5.74, 6) is 2.87. The van der Waals surface area contributed by atoms with E-state index in [1.807, 2.05) is 19.1 Å². The van der Waals surface area contributed by atoms with Gasteiger partial charge in [0.05, 0.1) is 24.9 Å². The zero-order chi connectivity index (χ0) is 18.6. The number of para-hydroxylation sites is 1. The molecule has 6 nitrogen and oxygen atoms in total. The highest BCUT2D eigenvalue weighted by molar-refractivity contribution is 5.34. The van der Waals surface area contributed by atoms with E-state index in [9.17, 15) is 5.11 Å². The Bertz CT molecular complexity index is 742. The Morgan fingerprint density at radius 3 is 2.78 bits per heavy atom. The predicted octanol–water partition coefficient (Wildman–Crippen LogP) is 2.56. The number of hydrogen-bond acceptors (Lipinski definition) is 6. The summed E-state index contributed by atoms with van der Waals surface area (Å²) in [6.07, 6.45) is 6.51. The van der Waals surface area contributed by atoms with Gasteiger partial charge in [-0.25, -0.2) is 4.98 Å². The van der Waals surface area contributed by atoms with Crippen LogP contribution in [0.3, 0.4) is 0 Å². The number of nitrogens with zero attached hydrogens (tertiary/aromatic N) is 3. The molecule has 2 aliphatic rings. The minimum absolute atomic E-state index is 0.0404. The maximum absolute atomic E-state index is 10.6. The van der Waals surface area contributed by atoms with Gasteiger partial charge in [-0.2, -0.15) is 0 Å². The molecule has 27 heavy (non-hydrogen) atoms. The summed E-state index contributed by atoms with van der Waals surface area (Å²) in [4.78, 5) is 10.9. The van der Waals surface area contributed by atoms with E-state index in [1.165, 1.54) is 5.56 Å². The molecule has 1 aromatic carbocycles. The number of benzene rings is 1. The van der Waals surface area contributed by atoms with Crippen molar-refractivity contribution in [2.45, 2.75) is 38.5 Å². The van der Waals surface area contributed by atoms with Gasteiger partial charge in [0.2, 0.25) is 0 Å². The molecule has 0 spiro atoms. The second-order valence-corrected chi connectivity index (χ2v) is 7.64. The Hall–Kier alpha value is -2.18. The van der Waals surface area contributed by atoms with Crippen molar-refractivity contribution in [3.05, 3.63) is 48.4 Å². The first-order valence-electron chi connectivity index (χ1n) is 9.86. The molecule has 1 saturated carbocycles. The molecule has 0 amide bonds. The van der Waals surface area contributed by atoms with E-state index >= 15 is 0 Å². The molecule has 0 bridgehead atoms. The summed E-state index contributed by atoms with van der Waals surface area (Å²) in [5, 5.41) is 14.0. The first-order valence-corrected chi connectivity index (χ1v) is 9.86. The third kappa shape index (κ3) is 4.22. The van der Waals surface area contributed by atoms with Crippen molar-refractivity contribution in [1.82, 2.24) is 14.9 Å². The smallest absolute Gasteiger partial charge is 0.144 e. The van der Waals surface area contributed by atoms with Crippen molar-refractivity contribution in [3.63, 3.8) is 0 Å². The molecule has 1 aliphatic heterocycles. The Balaban J connectivity index is 1.38. The third-order valence-electron chi connectivity index (χ3n) is 5.78. The first kappa shape index (κ1) is 18.2. The third-order valence-corrected chi connectivity index (χ3v) is 5.78. The zero-order valence-electron chi connectivity index (χ0n) is 15.8. The van der Waals surface area contributed by atoms with Crippen LogP contribution in [0.5, 0.6) is 5.75 Å². The molecule has 144 valence electrons. The predicted molar refractivity (Wildman–Crippen MR) is 105 cm³/mol. The van der Waals surface area contributed by atoms with Crippen LogP contribution in [0.1, 0.15) is 25.3 Å². The fourth-order valence-electron chi connectivity index (χ4n) is 4.55. The molecular weight excluding hydrogens is 340 g/mol. The summed E-state index contributed by atoms with van der Waals surface area (Å²) >= 11 is 0. The van der Waals surface area contributed by atoms with Crippen LogP contribution in [0.25, 0.3) is 0 Å². The van der Waals surface area contributed by atoms with Gasteiger partial charge in [0.15, 0.2) is 0 Å². The quantitative estimate of drug-likeness (QED) is 0.817. The second kappa shape index (κ2) is 8.23. The standard InChI is InChI=1S/C21H28N4O2/c1-2-27-20-6-4-3-5-15(20)12-25-13-16-9-18(19(26)10-17(16)14-25)24-21-11-22-7-8-23-21/h3-8,11,16-19,26H,2,9-10,12-14H2,1H3,(H,23,24)/t16-,17+,18-,19-/m1/s1. The fraction of sp³-hybridized carbons (Fsp3) is 0.524. The van der Waals surface area contributed by atoms with Crippen molar-refractivity contribution in [1.29, 1.82) is 0 Å². The van der Waals surface area contributed by atoms with Gasteiger partial charge in [0, 0.05) is 37.6 Å². The van der Waals surface area contributed by atoms with Crippen LogP contribution >= 0.6 is 0 Å². The van der Waals surface area contributed by atoms with Crippen molar-refractivity contribution >= 4 is 5.82 Å². The lowest BCUT2D eigenvalue weighted by molar-refractivity contribution is 0.0735. The Kier molecular flexibility index (Phi) is 5.55. The molecular formula is C21H28N4O2. The lowest BCUT2D eigenvalue weighted by Gasteiger charge is -2.35. The van der Waals surface area contributed by atoms with Crippen LogP contribution < -0.4 is 10.1 Å². The van der Waals surface area contributed by atoms with Gasteiger partial charge in [-0.05, 0) is 37.7 Å². The maximum atomic E-state index is 10.6. The lowest BCUT2D eigenvalue weighted by atomic mass is 9.77. The number of nitrogens with one attached hydrogen (secondary N) is 1. The lowest BCUT2D eigenvalue weighted by Crippen LogP contribution is -2.43. The average molecular weight is 368 g/mol. The molecule has 0 radical (unpaired) electrons. The van der Waals surface area contributed by atoms with Crippen molar-refractivity contribution < 1.29 is 9.84 Å². The maximum Gasteiger partial charge on any atom is 0.144 e. The number of ether oxygens (including phenoxy) is 1. The van der Waals surface area contributed by atoms with Gasteiger partial charge in [-0.1, -0.05) is 18.2 Å². The van der Waals surface area contributed by atoms with Gasteiger partial charge >= 0.3 is 0 Å². The molecule has 1 aromatic heterocycles. The molecule has 4 atom stereocenters. The van der Waals surface area contributed by atoms with Crippen LogP contribution in [0.15, 0.2) is 42.9 Å². The number of rotatable bonds is 6. The summed E-state index contributed by atoms with van der Waals surface area (Å²) in [5.41, 5.74) is 1.24. The monoisotopic (exact) mass is 368 g/mol. The molecule has 4 rings (SSSR count). The number of anilines is 1. The molecule has 6 heteroatoms. The van der Waals surface area contributed by atoms with Crippen molar-refractivity contribution in [2.75, 3.05) is 25.0 Å². The van der Waals surface area contributed by atoms with Gasteiger partial charge in [0.1, 0.15) is 11.6 Å². The molecule has 2 N–H and O–H groups in total. The van der Waals surface area contributed by atoms with E-state index in [1.54, 1.807) is 18.6 Å². The summed E-state index contributed by atoms with van der Waals surface area (Å²) in [6, 6.07) is 8.34. The number of fused-ring (bicyclic) bond motifs is 1. The molecule has 1 saturated heterocycles. The zero-order valence-corrected chi connectivity index (χ0v) is 15.8. The summed E-state index contributed by atoms with van der Waals surface area (Å²) in [6.45, 7) is 5.72. The minimum atomic E-state index is -0.344. The van der Waals surface area contributed by atoms with Crippen LogP contribution in [-0.4, -0.2) is 51.8 Å². The Morgan fingerprint density at radius 2 is 2.00 bits per heavy atom. The normalized spacial score (nSPS) is 27.9. The van der Waals surface area contributed by atoms with Gasteiger partial charge in [0.25, 0.3) is 0 Å². The largest absolute Gasteiger partial charge is 0.494 e. The van der Waals surface area contributed by atoms with Crippen LogP contribution in [-0.2, 0) is 6.54 Å². The Labute approximate surface area is 160 Å². The minimum Gasteiger partial charge on any atom is -0.494 e. The summed E-state index contributed by atoms with van der Waals surface area (Å²) < 4.78 is 5.78. The average Bonchev–Trinajstić information content (AvgIpc) is 3.06. The first-order chi connectivity index (χ1) is 13.2. The molecule has 2 heterocycles. The highest BCUT2D eigenvalue weighted by atomic mass is 16.5. The number of aliphatic hydroxyl groups excluding tert-OH is 1. The number of aromatic nitrogens is 2. The molecule has 1 aliphatic carbocycles. The number of hydrogen-bond donors (Lipinski definition) is 2. The highest BCUT2D eigenvalue weighted by Crippen LogP contribution is 2.38. The van der Waals surface area contributed by atoms with Crippen molar-refractivity contribution in [2.24, 2.45) is 11.8 Å². The molecule has 2 fully saturated rings. The fourth-order valence-corrected chi connectivity index (χ4v) is 4.55. The van der Waals surface area contributed by atoms with Crippen LogP contribution in [0, 0.1) is 11.8 Å². The SMILES string of the molecule is CCOc1ccccc1CN1C[C@H]2C[C@@H](Nc3cnccn3)[C@H](O)C[C@H]2C1. The summed E-state index contributed by atoms with van der Waals surface area (Å²) in [7, 11) is 0. The topological polar surface area (TPSA) is 70.5 Å². The molecule has 2 aromatic rings. The van der Waals surface area contributed by atoms with E-state index in [-0.39, 0.29) is 12.1 Å². The number of aliphatic hydroxyl groups is 1. The van der Waals surface area contributed by atoms with E-state index < -0.39 is 0 Å². The van der Waals surface area contributed by atoms with Crippen LogP contribution in [0.2, 0.25) is 0 Å². The van der Waals surface area contributed by atoms with E-state index in [0.717, 1.165) is 44.0 Å². The van der Waals surface area contributed by atoms with Gasteiger partial charge < -0.3 is 15.2 Å². The van der Waals surface area contributed by atoms with E-state index in [4.69, 9.17) is 4.74 Å². The number of likely N-dealkylation sites (tertiary alicyclic amines) is 1. The van der Waals surface area contributed by atoms with E-state index in [2.05, 4.69) is 32.3 Å². The van der Waals surface area contributed by atoms with Crippen LogP contribution in [0.4, 0.5) is 5.82 Å². The highest BCUT2D eigenvalue weighted by Gasteiger charge is 2.41.